The van der Waals surface area contributed by atoms with E-state index in [4.69, 9.17) is 9.47 Å². The number of rotatable bonds is 8. The number of para-hydroxylation sites is 1. The molecule has 1 saturated heterocycles. The highest BCUT2D eigenvalue weighted by Crippen LogP contribution is 2.38. The number of methoxy groups -OCH3 is 1. The third-order valence-electron chi connectivity index (χ3n) is 6.04. The summed E-state index contributed by atoms with van der Waals surface area (Å²) in [6.07, 6.45) is 2.56. The van der Waals surface area contributed by atoms with E-state index in [1.807, 2.05) is 78.9 Å². The largest absolute Gasteiger partial charge is 0.496 e. The topological polar surface area (TPSA) is 59.0 Å². The number of piperidine rings is 1. The second-order valence-corrected chi connectivity index (χ2v) is 8.08. The molecule has 1 heterocycles. The lowest BCUT2D eigenvalue weighted by Crippen LogP contribution is -2.46. The van der Waals surface area contributed by atoms with Gasteiger partial charge in [-0.15, -0.1) is 0 Å². The predicted molar refractivity (Wildman–Crippen MR) is 124 cm³/mol. The molecule has 1 aliphatic rings. The number of carboxylic acids is 1. The number of carbonyl (C=O) groups is 1. The van der Waals surface area contributed by atoms with Gasteiger partial charge in [-0.05, 0) is 48.7 Å². The number of likely N-dealkylation sites (tertiary alicyclic amines) is 1. The summed E-state index contributed by atoms with van der Waals surface area (Å²) in [5.74, 6) is 0.772. The summed E-state index contributed by atoms with van der Waals surface area (Å²) in [6.45, 7) is 1.23. The molecule has 4 rings (SSSR count). The van der Waals surface area contributed by atoms with Gasteiger partial charge in [-0.25, -0.2) is 0 Å². The quantitative estimate of drug-likeness (QED) is 0.524. The van der Waals surface area contributed by atoms with Crippen LogP contribution in [0, 0.1) is 0 Å². The second kappa shape index (κ2) is 10.3. The first-order valence-corrected chi connectivity index (χ1v) is 11.1. The Kier molecular flexibility index (Phi) is 7.07. The minimum absolute atomic E-state index is 0.212. The molecule has 0 aromatic heterocycles. The summed E-state index contributed by atoms with van der Waals surface area (Å²) in [4.78, 5) is 14.2. The van der Waals surface area contributed by atoms with E-state index in [2.05, 4.69) is 4.90 Å². The Labute approximate surface area is 189 Å². The highest BCUT2D eigenvalue weighted by molar-refractivity contribution is 5.73. The first kappa shape index (κ1) is 21.9. The van der Waals surface area contributed by atoms with Crippen LogP contribution in [0.15, 0.2) is 78.9 Å². The number of hydrogen-bond donors (Lipinski definition) is 1. The molecular weight excluding hydrogens is 402 g/mol. The van der Waals surface area contributed by atoms with E-state index in [0.717, 1.165) is 47.6 Å². The first-order valence-electron chi connectivity index (χ1n) is 11.1. The van der Waals surface area contributed by atoms with Gasteiger partial charge in [0.25, 0.3) is 0 Å². The van der Waals surface area contributed by atoms with E-state index in [1.165, 1.54) is 0 Å². The van der Waals surface area contributed by atoms with Crippen molar-refractivity contribution in [3.05, 3.63) is 95.6 Å². The highest BCUT2D eigenvalue weighted by Gasteiger charge is 2.36. The molecule has 3 aromatic carbocycles. The van der Waals surface area contributed by atoms with E-state index < -0.39 is 12.0 Å². The Morgan fingerprint density at radius 3 is 2.44 bits per heavy atom. The molecular formula is C27H29NO4. The lowest BCUT2D eigenvalue weighted by molar-refractivity contribution is -0.145. The molecule has 0 aliphatic carbocycles. The Morgan fingerprint density at radius 1 is 1.00 bits per heavy atom. The third kappa shape index (κ3) is 4.94. The zero-order valence-corrected chi connectivity index (χ0v) is 18.3. The molecule has 0 amide bonds. The van der Waals surface area contributed by atoms with Crippen molar-refractivity contribution in [1.29, 1.82) is 0 Å². The van der Waals surface area contributed by atoms with Crippen LogP contribution in [-0.4, -0.2) is 35.7 Å². The number of ether oxygens (including phenoxy) is 2. The molecule has 1 N–H and O–H groups in total. The smallest absolute Gasteiger partial charge is 0.320 e. The maximum Gasteiger partial charge on any atom is 0.320 e. The van der Waals surface area contributed by atoms with Crippen molar-refractivity contribution in [3.63, 3.8) is 0 Å². The van der Waals surface area contributed by atoms with Gasteiger partial charge in [0.15, 0.2) is 0 Å². The predicted octanol–water partition coefficient (Wildman–Crippen LogP) is 5.30. The van der Waals surface area contributed by atoms with Gasteiger partial charge in [0, 0.05) is 5.56 Å². The van der Waals surface area contributed by atoms with Gasteiger partial charge in [0.1, 0.15) is 24.1 Å². The second-order valence-electron chi connectivity index (χ2n) is 8.08. The lowest BCUT2D eigenvalue weighted by atomic mass is 9.91. The molecule has 2 unspecified atom stereocenters. The van der Waals surface area contributed by atoms with Crippen LogP contribution in [0.5, 0.6) is 11.5 Å². The molecule has 5 nitrogen and oxygen atoms in total. The van der Waals surface area contributed by atoms with Gasteiger partial charge in [-0.1, -0.05) is 67.1 Å². The van der Waals surface area contributed by atoms with Crippen LogP contribution >= 0.6 is 0 Å². The maximum absolute atomic E-state index is 12.1. The molecule has 5 heteroatoms. The molecule has 166 valence electrons. The molecule has 0 radical (unpaired) electrons. The van der Waals surface area contributed by atoms with Crippen LogP contribution < -0.4 is 9.47 Å². The number of hydrogen-bond acceptors (Lipinski definition) is 4. The van der Waals surface area contributed by atoms with E-state index in [-0.39, 0.29) is 6.04 Å². The molecule has 2 atom stereocenters. The standard InChI is InChI=1S/C27H29NO4/c1-31-25-13-6-5-11-23(25)26(28-18-8-7-12-24(28)27(29)30)21-14-16-22(17-15-21)32-19-20-9-3-2-4-10-20/h2-6,9-11,13-17,24,26H,7-8,12,18-19H2,1H3,(H,29,30). The number of aliphatic carboxylic acids is 1. The van der Waals surface area contributed by atoms with Crippen molar-refractivity contribution >= 4 is 5.97 Å². The summed E-state index contributed by atoms with van der Waals surface area (Å²) in [5.41, 5.74) is 3.11. The molecule has 3 aromatic rings. The van der Waals surface area contributed by atoms with Gasteiger partial charge in [0.05, 0.1) is 13.2 Å². The van der Waals surface area contributed by atoms with Crippen LogP contribution in [-0.2, 0) is 11.4 Å². The first-order chi connectivity index (χ1) is 15.7. The summed E-state index contributed by atoms with van der Waals surface area (Å²) < 4.78 is 11.6. The lowest BCUT2D eigenvalue weighted by Gasteiger charge is -2.40. The summed E-state index contributed by atoms with van der Waals surface area (Å²) >= 11 is 0. The van der Waals surface area contributed by atoms with Crippen LogP contribution in [0.2, 0.25) is 0 Å². The van der Waals surface area contributed by atoms with Crippen molar-refractivity contribution in [2.45, 2.75) is 38.0 Å². The average Bonchev–Trinajstić information content (AvgIpc) is 2.85. The molecule has 0 saturated carbocycles. The number of nitrogens with zero attached hydrogens (tertiary/aromatic N) is 1. The van der Waals surface area contributed by atoms with Gasteiger partial charge < -0.3 is 14.6 Å². The zero-order chi connectivity index (χ0) is 22.3. The minimum atomic E-state index is -0.771. The Morgan fingerprint density at radius 2 is 1.72 bits per heavy atom. The Hall–Kier alpha value is -3.31. The Bertz CT molecular complexity index is 1020. The number of carboxylic acid groups (broad SMARTS) is 1. The number of benzene rings is 3. The van der Waals surface area contributed by atoms with E-state index in [9.17, 15) is 9.90 Å². The Balaban J connectivity index is 1.64. The zero-order valence-electron chi connectivity index (χ0n) is 18.3. The van der Waals surface area contributed by atoms with E-state index >= 15 is 0 Å². The normalized spacial score (nSPS) is 17.5. The minimum Gasteiger partial charge on any atom is -0.496 e. The third-order valence-corrected chi connectivity index (χ3v) is 6.04. The fourth-order valence-corrected chi connectivity index (χ4v) is 4.46. The van der Waals surface area contributed by atoms with Crippen LogP contribution in [0.4, 0.5) is 0 Å². The summed E-state index contributed by atoms with van der Waals surface area (Å²) in [5, 5.41) is 9.91. The van der Waals surface area contributed by atoms with Gasteiger partial charge >= 0.3 is 5.97 Å². The van der Waals surface area contributed by atoms with Crippen molar-refractivity contribution in [2.75, 3.05) is 13.7 Å². The van der Waals surface area contributed by atoms with Crippen LogP contribution in [0.3, 0.4) is 0 Å². The highest BCUT2D eigenvalue weighted by atomic mass is 16.5. The van der Waals surface area contributed by atoms with Crippen molar-refractivity contribution in [2.24, 2.45) is 0 Å². The molecule has 0 bridgehead atoms. The van der Waals surface area contributed by atoms with Crippen molar-refractivity contribution < 1.29 is 19.4 Å². The molecule has 1 aliphatic heterocycles. The van der Waals surface area contributed by atoms with Gasteiger partial charge in [-0.2, -0.15) is 0 Å². The monoisotopic (exact) mass is 431 g/mol. The van der Waals surface area contributed by atoms with Crippen LogP contribution in [0.25, 0.3) is 0 Å². The maximum atomic E-state index is 12.1. The van der Waals surface area contributed by atoms with E-state index in [0.29, 0.717) is 13.0 Å². The fraction of sp³-hybridized carbons (Fsp3) is 0.296. The molecule has 1 fully saturated rings. The van der Waals surface area contributed by atoms with Gasteiger partial charge in [-0.3, -0.25) is 9.69 Å². The van der Waals surface area contributed by atoms with Crippen molar-refractivity contribution in [1.82, 2.24) is 4.90 Å². The van der Waals surface area contributed by atoms with Gasteiger partial charge in [0.2, 0.25) is 0 Å². The fourth-order valence-electron chi connectivity index (χ4n) is 4.46. The van der Waals surface area contributed by atoms with E-state index in [1.54, 1.807) is 7.11 Å². The summed E-state index contributed by atoms with van der Waals surface area (Å²) in [6, 6.07) is 25.2. The summed E-state index contributed by atoms with van der Waals surface area (Å²) in [7, 11) is 1.65. The average molecular weight is 432 g/mol. The van der Waals surface area contributed by atoms with Crippen molar-refractivity contribution in [3.8, 4) is 11.5 Å². The molecule has 0 spiro atoms. The SMILES string of the molecule is COc1ccccc1C(c1ccc(OCc2ccccc2)cc1)N1CCCCC1C(=O)O. The van der Waals surface area contributed by atoms with Crippen LogP contribution in [0.1, 0.15) is 42.0 Å². The molecule has 32 heavy (non-hydrogen) atoms.